The van der Waals surface area contributed by atoms with Crippen molar-refractivity contribution in [3.05, 3.63) is 0 Å². The normalized spacial score (nSPS) is 26.8. The smallest absolute Gasteiger partial charge is 0.133 e. The van der Waals surface area contributed by atoms with Crippen molar-refractivity contribution in [1.82, 2.24) is 0 Å². The number of Topliss-reactive ketones (excluding diaryl/α,β-unsaturated/α-hetero) is 1. The van der Waals surface area contributed by atoms with E-state index < -0.39 is 0 Å². The summed E-state index contributed by atoms with van der Waals surface area (Å²) in [6.07, 6.45) is 5.66. The van der Waals surface area contributed by atoms with E-state index in [1.54, 1.807) is 0 Å². The van der Waals surface area contributed by atoms with E-state index in [1.807, 2.05) is 0 Å². The zero-order valence-corrected chi connectivity index (χ0v) is 6.31. The molecule has 0 unspecified atom stereocenters. The molecule has 1 aliphatic rings. The van der Waals surface area contributed by atoms with Crippen LogP contribution in [0.25, 0.3) is 0 Å². The van der Waals surface area contributed by atoms with Gasteiger partial charge in [-0.15, -0.1) is 0 Å². The van der Waals surface area contributed by atoms with Crippen LogP contribution in [0.5, 0.6) is 0 Å². The van der Waals surface area contributed by atoms with Crippen LogP contribution >= 0.6 is 0 Å². The maximum absolute atomic E-state index is 10.9. The maximum Gasteiger partial charge on any atom is 0.133 e. The molecule has 2 heteroatoms. The van der Waals surface area contributed by atoms with Crippen LogP contribution in [0, 0.1) is 5.92 Å². The van der Waals surface area contributed by atoms with Crippen LogP contribution in [0.1, 0.15) is 32.1 Å². The van der Waals surface area contributed by atoms with E-state index in [9.17, 15) is 4.79 Å². The van der Waals surface area contributed by atoms with Gasteiger partial charge in [-0.3, -0.25) is 4.79 Å². The Kier molecular flexibility index (Phi) is 2.97. The Morgan fingerprint density at radius 3 is 3.00 bits per heavy atom. The second-order valence-electron chi connectivity index (χ2n) is 3.08. The molecule has 1 nitrogen and oxygen atoms in total. The summed E-state index contributed by atoms with van der Waals surface area (Å²) in [5.41, 5.74) is 0. The van der Waals surface area contributed by atoms with Gasteiger partial charge in [0.25, 0.3) is 0 Å². The summed E-state index contributed by atoms with van der Waals surface area (Å²) in [7, 11) is 5.39. The van der Waals surface area contributed by atoms with Gasteiger partial charge >= 0.3 is 0 Å². The monoisotopic (exact) mass is 136 g/mol. The summed E-state index contributed by atoms with van der Waals surface area (Å²) in [6.45, 7) is 0. The van der Waals surface area contributed by atoms with Crippen LogP contribution in [0.15, 0.2) is 0 Å². The first-order valence-electron chi connectivity index (χ1n) is 4.04. The Bertz CT molecular complexity index is 120. The Morgan fingerprint density at radius 2 is 2.40 bits per heavy atom. The highest BCUT2D eigenvalue weighted by molar-refractivity contribution is 6.08. The van der Waals surface area contributed by atoms with E-state index in [0.29, 0.717) is 11.7 Å². The lowest BCUT2D eigenvalue weighted by molar-refractivity contribution is -0.121. The fraction of sp³-hybridized carbons (Fsp3) is 0.875. The molecule has 1 aliphatic carbocycles. The van der Waals surface area contributed by atoms with Crippen LogP contribution in [-0.4, -0.2) is 13.6 Å². The van der Waals surface area contributed by atoms with Gasteiger partial charge in [0.1, 0.15) is 5.78 Å². The summed E-state index contributed by atoms with van der Waals surface area (Å²) < 4.78 is 0. The van der Waals surface area contributed by atoms with Crippen LogP contribution < -0.4 is 0 Å². The molecule has 0 spiro atoms. The topological polar surface area (TPSA) is 17.1 Å². The predicted molar refractivity (Wildman–Crippen MR) is 42.1 cm³/mol. The van der Waals surface area contributed by atoms with Gasteiger partial charge in [0.05, 0.1) is 7.85 Å². The second kappa shape index (κ2) is 3.79. The number of carbonyl (C=O) groups is 1. The molecular weight excluding hydrogens is 123 g/mol. The highest BCUT2D eigenvalue weighted by atomic mass is 16.1. The molecule has 0 bridgehead atoms. The minimum absolute atomic E-state index is 0.435. The Morgan fingerprint density at radius 1 is 1.60 bits per heavy atom. The molecule has 0 saturated heterocycles. The van der Waals surface area contributed by atoms with E-state index >= 15 is 0 Å². The number of ketones is 1. The standard InChI is InChI=1S/C8H13BO/c9-5-4-7-2-1-3-8(10)6-7/h7H,1-6H2/t7-/m0/s1. The molecule has 0 aromatic carbocycles. The summed E-state index contributed by atoms with van der Waals surface area (Å²) in [4.78, 5) is 10.9. The second-order valence-corrected chi connectivity index (χ2v) is 3.08. The molecular formula is C8H13BO. The SMILES string of the molecule is [B]CC[C@@H]1CCCC(=O)C1. The van der Waals surface area contributed by atoms with E-state index in [-0.39, 0.29) is 0 Å². The van der Waals surface area contributed by atoms with E-state index in [0.717, 1.165) is 32.0 Å². The quantitative estimate of drug-likeness (QED) is 0.528. The molecule has 1 saturated carbocycles. The van der Waals surface area contributed by atoms with Gasteiger partial charge in [0.15, 0.2) is 0 Å². The first kappa shape index (κ1) is 7.84. The lowest BCUT2D eigenvalue weighted by Crippen LogP contribution is -2.14. The molecule has 0 heterocycles. The molecule has 0 aromatic rings. The van der Waals surface area contributed by atoms with Crippen LogP contribution in [-0.2, 0) is 4.79 Å². The lowest BCUT2D eigenvalue weighted by atomic mass is 9.82. The van der Waals surface area contributed by atoms with Gasteiger partial charge in [0, 0.05) is 12.8 Å². The third-order valence-corrected chi connectivity index (χ3v) is 2.16. The summed E-state index contributed by atoms with van der Waals surface area (Å²) in [5, 5.41) is 0. The van der Waals surface area contributed by atoms with Gasteiger partial charge in [-0.1, -0.05) is 12.7 Å². The fourth-order valence-electron chi connectivity index (χ4n) is 1.60. The fourth-order valence-corrected chi connectivity index (χ4v) is 1.60. The lowest BCUT2D eigenvalue weighted by Gasteiger charge is -2.19. The first-order chi connectivity index (χ1) is 4.83. The third-order valence-electron chi connectivity index (χ3n) is 2.16. The number of rotatable bonds is 2. The van der Waals surface area contributed by atoms with E-state index in [4.69, 9.17) is 7.85 Å². The van der Waals surface area contributed by atoms with Crippen molar-refractivity contribution in [2.45, 2.75) is 38.4 Å². The molecule has 1 atom stereocenters. The highest BCUT2D eigenvalue weighted by Gasteiger charge is 2.17. The Balaban J connectivity index is 2.25. The molecule has 10 heavy (non-hydrogen) atoms. The van der Waals surface area contributed by atoms with E-state index in [1.165, 1.54) is 6.42 Å². The molecule has 0 aromatic heterocycles. The molecule has 2 radical (unpaired) electrons. The van der Waals surface area contributed by atoms with Gasteiger partial charge in [-0.25, -0.2) is 0 Å². The van der Waals surface area contributed by atoms with Crippen molar-refractivity contribution in [2.75, 3.05) is 0 Å². The summed E-state index contributed by atoms with van der Waals surface area (Å²) >= 11 is 0. The van der Waals surface area contributed by atoms with Crippen LogP contribution in [0.2, 0.25) is 6.32 Å². The summed E-state index contributed by atoms with van der Waals surface area (Å²) in [5.74, 6) is 1.04. The molecule has 0 aliphatic heterocycles. The van der Waals surface area contributed by atoms with Gasteiger partial charge in [0.2, 0.25) is 0 Å². The van der Waals surface area contributed by atoms with Crippen molar-refractivity contribution in [2.24, 2.45) is 5.92 Å². The van der Waals surface area contributed by atoms with Crippen molar-refractivity contribution < 1.29 is 4.79 Å². The molecule has 0 N–H and O–H groups in total. The van der Waals surface area contributed by atoms with Gasteiger partial charge in [-0.2, -0.15) is 0 Å². The zero-order valence-electron chi connectivity index (χ0n) is 6.31. The maximum atomic E-state index is 10.9. The highest BCUT2D eigenvalue weighted by Crippen LogP contribution is 2.24. The first-order valence-corrected chi connectivity index (χ1v) is 4.04. The van der Waals surface area contributed by atoms with Crippen molar-refractivity contribution in [3.63, 3.8) is 0 Å². The minimum Gasteiger partial charge on any atom is -0.300 e. The minimum atomic E-state index is 0.435. The largest absolute Gasteiger partial charge is 0.300 e. The molecule has 0 amide bonds. The van der Waals surface area contributed by atoms with Crippen LogP contribution in [0.4, 0.5) is 0 Å². The summed E-state index contributed by atoms with van der Waals surface area (Å²) in [6, 6.07) is 0. The average molecular weight is 136 g/mol. The molecule has 1 rings (SSSR count). The van der Waals surface area contributed by atoms with Crippen LogP contribution in [0.3, 0.4) is 0 Å². The van der Waals surface area contributed by atoms with Crippen molar-refractivity contribution in [1.29, 1.82) is 0 Å². The molecule has 54 valence electrons. The van der Waals surface area contributed by atoms with Gasteiger partial charge < -0.3 is 0 Å². The average Bonchev–Trinajstić information content (AvgIpc) is 1.88. The third kappa shape index (κ3) is 2.16. The number of hydrogen-bond donors (Lipinski definition) is 0. The number of carbonyl (C=O) groups excluding carboxylic acids is 1. The van der Waals surface area contributed by atoms with E-state index in [2.05, 4.69) is 0 Å². The van der Waals surface area contributed by atoms with Crippen molar-refractivity contribution in [3.8, 4) is 0 Å². The Labute approximate surface area is 63.6 Å². The Hall–Kier alpha value is -0.265. The molecule has 1 fully saturated rings. The van der Waals surface area contributed by atoms with Crippen molar-refractivity contribution >= 4 is 13.6 Å². The predicted octanol–water partition coefficient (Wildman–Crippen LogP) is 1.72. The zero-order chi connectivity index (χ0) is 7.40. The van der Waals surface area contributed by atoms with Gasteiger partial charge in [-0.05, 0) is 18.8 Å². The number of hydrogen-bond acceptors (Lipinski definition) is 1.